The maximum absolute atomic E-state index is 13.4. The summed E-state index contributed by atoms with van der Waals surface area (Å²) in [5.41, 5.74) is 1.23. The third kappa shape index (κ3) is 3.69. The van der Waals surface area contributed by atoms with Crippen LogP contribution in [0.4, 0.5) is 0 Å². The molecule has 0 saturated carbocycles. The third-order valence-electron chi connectivity index (χ3n) is 4.56. The van der Waals surface area contributed by atoms with Crippen LogP contribution in [-0.4, -0.2) is 16.0 Å². The number of rotatable bonds is 5. The minimum atomic E-state index is -0.432. The molecule has 0 bridgehead atoms. The Kier molecular flexibility index (Phi) is 5.33. The molecule has 8 heteroatoms. The fourth-order valence-electron chi connectivity index (χ4n) is 3.22. The number of ether oxygens (including phenoxy) is 1. The first-order chi connectivity index (χ1) is 14.6. The van der Waals surface area contributed by atoms with Crippen molar-refractivity contribution in [3.63, 3.8) is 0 Å². The zero-order valence-corrected chi connectivity index (χ0v) is 16.4. The molecular weight excluding hydrogens is 404 g/mol. The molecule has 0 unspecified atom stereocenters. The molecule has 0 aliphatic carbocycles. The Balaban J connectivity index is 1.92. The highest BCUT2D eigenvalue weighted by Gasteiger charge is 2.20. The van der Waals surface area contributed by atoms with Gasteiger partial charge in [0.1, 0.15) is 29.1 Å². The Bertz CT molecular complexity index is 1330. The molecule has 30 heavy (non-hydrogen) atoms. The summed E-state index contributed by atoms with van der Waals surface area (Å²) in [6.45, 7) is 0.0857. The van der Waals surface area contributed by atoms with Crippen molar-refractivity contribution in [2.75, 3.05) is 6.61 Å². The van der Waals surface area contributed by atoms with Gasteiger partial charge < -0.3 is 9.84 Å². The molecule has 0 atom stereocenters. The average molecular weight is 419 g/mol. The first kappa shape index (κ1) is 19.4. The average Bonchev–Trinajstić information content (AvgIpc) is 2.77. The van der Waals surface area contributed by atoms with Gasteiger partial charge in [0.15, 0.2) is 6.61 Å². The fraction of sp³-hybridized carbons (Fsp3) is 0.0909. The van der Waals surface area contributed by atoms with E-state index in [0.29, 0.717) is 22.1 Å². The van der Waals surface area contributed by atoms with E-state index in [9.17, 15) is 9.90 Å². The van der Waals surface area contributed by atoms with Crippen LogP contribution < -0.4 is 20.0 Å². The molecule has 0 aliphatic rings. The Hall–Kier alpha value is -3.89. The number of hydrogen-bond acceptors (Lipinski definition) is 5. The molecule has 0 N–H and O–H groups in total. The Morgan fingerprint density at radius 1 is 1.20 bits per heavy atom. The largest absolute Gasteiger partial charge is 0.842 e. The second kappa shape index (κ2) is 8.23. The zero-order chi connectivity index (χ0) is 21.1. The lowest BCUT2D eigenvalue weighted by Gasteiger charge is -2.17. The molecule has 4 rings (SSSR count). The van der Waals surface area contributed by atoms with E-state index in [1.807, 2.05) is 6.07 Å². The SMILES string of the molecule is N#CCOc1cccc(-c2c([O-])[n+](Cc3ccc(Cl)nc3)c3ccccn3c2=O)c1. The lowest BCUT2D eigenvalue weighted by Crippen LogP contribution is -2.44. The number of pyridine rings is 2. The van der Waals surface area contributed by atoms with Crippen LogP contribution in [0.25, 0.3) is 16.8 Å². The lowest BCUT2D eigenvalue weighted by atomic mass is 10.1. The minimum Gasteiger partial charge on any atom is -0.842 e. The number of halogens is 1. The van der Waals surface area contributed by atoms with Crippen molar-refractivity contribution in [3.8, 4) is 28.8 Å². The van der Waals surface area contributed by atoms with Crippen LogP contribution in [0, 0.1) is 11.3 Å². The number of fused-ring (bicyclic) bond motifs is 1. The van der Waals surface area contributed by atoms with Gasteiger partial charge in [-0.05, 0) is 29.8 Å². The molecule has 0 saturated heterocycles. The molecule has 0 fully saturated rings. The fourth-order valence-corrected chi connectivity index (χ4v) is 3.33. The molecule has 3 aromatic heterocycles. The van der Waals surface area contributed by atoms with Gasteiger partial charge in [-0.2, -0.15) is 9.66 Å². The number of aromatic nitrogens is 3. The first-order valence-electron chi connectivity index (χ1n) is 9.03. The van der Waals surface area contributed by atoms with Gasteiger partial charge in [0.2, 0.25) is 0 Å². The van der Waals surface area contributed by atoms with Crippen molar-refractivity contribution >= 4 is 17.2 Å². The monoisotopic (exact) mass is 418 g/mol. The van der Waals surface area contributed by atoms with Gasteiger partial charge in [-0.3, -0.25) is 0 Å². The predicted octanol–water partition coefficient (Wildman–Crippen LogP) is 2.33. The number of benzene rings is 1. The smallest absolute Gasteiger partial charge is 0.349 e. The highest BCUT2D eigenvalue weighted by Crippen LogP contribution is 2.25. The van der Waals surface area contributed by atoms with Crippen molar-refractivity contribution in [3.05, 3.63) is 88.1 Å². The van der Waals surface area contributed by atoms with Gasteiger partial charge in [0, 0.05) is 17.8 Å². The Labute approximate surface area is 176 Å². The quantitative estimate of drug-likeness (QED) is 0.366. The van der Waals surface area contributed by atoms with E-state index in [2.05, 4.69) is 4.98 Å². The van der Waals surface area contributed by atoms with Crippen molar-refractivity contribution < 1.29 is 14.4 Å². The van der Waals surface area contributed by atoms with E-state index in [1.165, 1.54) is 8.97 Å². The Morgan fingerprint density at radius 2 is 2.07 bits per heavy atom. The minimum absolute atomic E-state index is 0.0167. The van der Waals surface area contributed by atoms with Crippen LogP contribution in [0.1, 0.15) is 5.56 Å². The second-order valence-corrected chi connectivity index (χ2v) is 6.85. The predicted molar refractivity (Wildman–Crippen MR) is 108 cm³/mol. The van der Waals surface area contributed by atoms with E-state index in [0.717, 1.165) is 5.56 Å². The summed E-state index contributed by atoms with van der Waals surface area (Å²) < 4.78 is 8.27. The van der Waals surface area contributed by atoms with Crippen LogP contribution in [0.5, 0.6) is 11.6 Å². The first-order valence-corrected chi connectivity index (χ1v) is 9.41. The normalized spacial score (nSPS) is 10.7. The molecule has 0 spiro atoms. The maximum Gasteiger partial charge on any atom is 0.349 e. The topological polar surface area (TPSA) is 94.3 Å². The van der Waals surface area contributed by atoms with Crippen LogP contribution in [0.15, 0.2) is 71.8 Å². The molecule has 4 aromatic rings. The molecule has 0 amide bonds. The lowest BCUT2D eigenvalue weighted by molar-refractivity contribution is -0.708. The van der Waals surface area contributed by atoms with E-state index in [-0.39, 0.29) is 18.7 Å². The van der Waals surface area contributed by atoms with Crippen LogP contribution in [0.3, 0.4) is 0 Å². The van der Waals surface area contributed by atoms with Gasteiger partial charge in [-0.15, -0.1) is 0 Å². The number of nitriles is 1. The van der Waals surface area contributed by atoms with Crippen molar-refractivity contribution in [1.82, 2.24) is 9.38 Å². The molecule has 0 aliphatic heterocycles. The summed E-state index contributed by atoms with van der Waals surface area (Å²) in [5.74, 6) is -0.0296. The van der Waals surface area contributed by atoms with Crippen LogP contribution >= 0.6 is 11.6 Å². The second-order valence-electron chi connectivity index (χ2n) is 6.46. The van der Waals surface area contributed by atoms with Crippen LogP contribution in [-0.2, 0) is 6.54 Å². The summed E-state index contributed by atoms with van der Waals surface area (Å²) >= 11 is 5.86. The van der Waals surface area contributed by atoms with Gasteiger partial charge in [-0.25, -0.2) is 14.3 Å². The van der Waals surface area contributed by atoms with Crippen molar-refractivity contribution in [2.45, 2.75) is 6.54 Å². The molecule has 3 heterocycles. The van der Waals surface area contributed by atoms with Gasteiger partial charge in [0.25, 0.3) is 5.65 Å². The summed E-state index contributed by atoms with van der Waals surface area (Å²) in [6, 6.07) is 17.1. The molecule has 148 valence electrons. The van der Waals surface area contributed by atoms with Crippen molar-refractivity contribution in [2.24, 2.45) is 0 Å². The molecular formula is C22H15ClN4O3. The van der Waals surface area contributed by atoms with Crippen LogP contribution in [0.2, 0.25) is 5.15 Å². The summed E-state index contributed by atoms with van der Waals surface area (Å²) in [4.78, 5) is 17.2. The number of hydrogen-bond donors (Lipinski definition) is 0. The standard InChI is InChI=1S/C22H15ClN4O3/c23-18-8-7-15(13-25-18)14-27-19-6-1-2-10-26(19)21(28)20(22(27)29)16-4-3-5-17(12-16)30-11-9-24/h1-8,10,12-13H,11,14H2. The van der Waals surface area contributed by atoms with Gasteiger partial charge >= 0.3 is 5.56 Å². The molecule has 7 nitrogen and oxygen atoms in total. The Morgan fingerprint density at radius 3 is 2.83 bits per heavy atom. The van der Waals surface area contributed by atoms with E-state index in [1.54, 1.807) is 67.0 Å². The maximum atomic E-state index is 13.4. The van der Waals surface area contributed by atoms with Gasteiger partial charge in [-0.1, -0.05) is 35.9 Å². The van der Waals surface area contributed by atoms with E-state index >= 15 is 0 Å². The molecule has 0 radical (unpaired) electrons. The molecule has 1 aromatic carbocycles. The van der Waals surface area contributed by atoms with Crippen molar-refractivity contribution in [1.29, 1.82) is 5.26 Å². The summed E-state index contributed by atoms with van der Waals surface area (Å²) in [5, 5.41) is 22.5. The van der Waals surface area contributed by atoms with E-state index < -0.39 is 11.4 Å². The zero-order valence-electron chi connectivity index (χ0n) is 15.7. The highest BCUT2D eigenvalue weighted by atomic mass is 35.5. The van der Waals surface area contributed by atoms with Gasteiger partial charge in [0.05, 0.1) is 12.1 Å². The van der Waals surface area contributed by atoms with E-state index in [4.69, 9.17) is 21.6 Å². The summed E-state index contributed by atoms with van der Waals surface area (Å²) in [6.07, 6.45) is 3.21. The third-order valence-corrected chi connectivity index (χ3v) is 4.79. The summed E-state index contributed by atoms with van der Waals surface area (Å²) in [7, 11) is 0. The highest BCUT2D eigenvalue weighted by molar-refractivity contribution is 6.29. The number of nitrogens with zero attached hydrogens (tertiary/aromatic N) is 4.